The molecule has 0 saturated heterocycles. The molecule has 0 fully saturated rings. The Morgan fingerprint density at radius 3 is 2.55 bits per heavy atom. The first-order valence-corrected chi connectivity index (χ1v) is 8.05. The van der Waals surface area contributed by atoms with Crippen LogP contribution in [0.4, 0.5) is 5.82 Å². The second-order valence-corrected chi connectivity index (χ2v) is 5.62. The second kappa shape index (κ2) is 7.28. The fourth-order valence-corrected chi connectivity index (χ4v) is 3.10. The predicted octanol–water partition coefficient (Wildman–Crippen LogP) is 3.42. The van der Waals surface area contributed by atoms with Crippen LogP contribution in [-0.2, 0) is 19.3 Å². The third kappa shape index (κ3) is 3.12. The van der Waals surface area contributed by atoms with Crippen molar-refractivity contribution in [2.45, 2.75) is 65.2 Å². The predicted molar refractivity (Wildman–Crippen MR) is 81.7 cm³/mol. The van der Waals surface area contributed by atoms with Crippen molar-refractivity contribution in [1.29, 1.82) is 5.26 Å². The van der Waals surface area contributed by atoms with Crippen molar-refractivity contribution < 1.29 is 4.98 Å². The highest BCUT2D eigenvalue weighted by Crippen LogP contribution is 2.28. The van der Waals surface area contributed by atoms with Gasteiger partial charge in [-0.2, -0.15) is 5.26 Å². The van der Waals surface area contributed by atoms with Gasteiger partial charge in [-0.25, -0.2) is 4.98 Å². The molecule has 0 amide bonds. The fourth-order valence-electron chi connectivity index (χ4n) is 3.10. The van der Waals surface area contributed by atoms with Gasteiger partial charge in [-0.05, 0) is 49.7 Å². The van der Waals surface area contributed by atoms with E-state index in [0.29, 0.717) is 0 Å². The van der Waals surface area contributed by atoms with Gasteiger partial charge in [-0.3, -0.25) is 5.32 Å². The number of aryl methyl sites for hydroxylation is 1. The van der Waals surface area contributed by atoms with Crippen LogP contribution in [0.5, 0.6) is 0 Å². The minimum atomic E-state index is 0.855. The zero-order chi connectivity index (χ0) is 14.4. The van der Waals surface area contributed by atoms with Crippen LogP contribution >= 0.6 is 0 Å². The SMILES string of the molecule is CCCCCNc1[nH+]c(CC)c2c(c1C#N)CCCC2. The van der Waals surface area contributed by atoms with Gasteiger partial charge in [0.25, 0.3) is 5.82 Å². The molecule has 1 heterocycles. The van der Waals surface area contributed by atoms with E-state index in [1.54, 1.807) is 0 Å². The summed E-state index contributed by atoms with van der Waals surface area (Å²) in [7, 11) is 0. The zero-order valence-corrected chi connectivity index (χ0v) is 12.8. The molecule has 0 radical (unpaired) electrons. The molecule has 0 unspecified atom stereocenters. The average Bonchev–Trinajstić information content (AvgIpc) is 2.50. The number of hydrogen-bond acceptors (Lipinski definition) is 2. The summed E-state index contributed by atoms with van der Waals surface area (Å²) in [6.45, 7) is 5.34. The Morgan fingerprint density at radius 1 is 1.15 bits per heavy atom. The summed E-state index contributed by atoms with van der Waals surface area (Å²) >= 11 is 0. The number of H-pyrrole nitrogens is 1. The molecule has 0 spiro atoms. The van der Waals surface area contributed by atoms with Crippen LogP contribution in [0.1, 0.15) is 68.3 Å². The maximum atomic E-state index is 9.53. The first-order valence-electron chi connectivity index (χ1n) is 8.05. The summed E-state index contributed by atoms with van der Waals surface area (Å²) in [5.41, 5.74) is 4.88. The van der Waals surface area contributed by atoms with Gasteiger partial charge in [0.15, 0.2) is 0 Å². The number of rotatable bonds is 6. The maximum Gasteiger partial charge on any atom is 0.290 e. The molecule has 20 heavy (non-hydrogen) atoms. The van der Waals surface area contributed by atoms with E-state index in [0.717, 1.165) is 43.6 Å². The third-order valence-corrected chi connectivity index (χ3v) is 4.21. The molecular formula is C17H26N3+. The molecule has 3 nitrogen and oxygen atoms in total. The monoisotopic (exact) mass is 272 g/mol. The highest BCUT2D eigenvalue weighted by Gasteiger charge is 2.24. The van der Waals surface area contributed by atoms with Crippen LogP contribution in [-0.4, -0.2) is 6.54 Å². The smallest absolute Gasteiger partial charge is 0.273 e. The maximum absolute atomic E-state index is 9.53. The summed E-state index contributed by atoms with van der Waals surface area (Å²) in [5, 5.41) is 13.0. The first-order chi connectivity index (χ1) is 9.81. The number of nitriles is 1. The molecule has 2 rings (SSSR count). The number of hydrogen-bond donors (Lipinski definition) is 1. The van der Waals surface area contributed by atoms with E-state index < -0.39 is 0 Å². The number of fused-ring (bicyclic) bond motifs is 1. The molecule has 1 aromatic rings. The quantitative estimate of drug-likeness (QED) is 0.807. The number of unbranched alkanes of at least 4 members (excludes halogenated alkanes) is 2. The lowest BCUT2D eigenvalue weighted by Gasteiger charge is -2.19. The minimum absolute atomic E-state index is 0.855. The topological polar surface area (TPSA) is 50.0 Å². The van der Waals surface area contributed by atoms with Gasteiger partial charge in [0, 0.05) is 6.42 Å². The molecule has 2 N–H and O–H groups in total. The van der Waals surface area contributed by atoms with Crippen LogP contribution in [0.3, 0.4) is 0 Å². The van der Waals surface area contributed by atoms with E-state index in [-0.39, 0.29) is 0 Å². The number of aromatic nitrogens is 1. The van der Waals surface area contributed by atoms with Gasteiger partial charge < -0.3 is 0 Å². The van der Waals surface area contributed by atoms with Gasteiger partial charge in [-0.1, -0.05) is 20.3 Å². The Labute approximate surface area is 122 Å². The number of nitrogens with one attached hydrogen (secondary N) is 2. The second-order valence-electron chi connectivity index (χ2n) is 5.62. The average molecular weight is 272 g/mol. The molecule has 1 aliphatic carbocycles. The summed E-state index contributed by atoms with van der Waals surface area (Å²) < 4.78 is 0. The van der Waals surface area contributed by atoms with Crippen LogP contribution in [0, 0.1) is 11.3 Å². The fraction of sp³-hybridized carbons (Fsp3) is 0.647. The molecule has 0 atom stereocenters. The highest BCUT2D eigenvalue weighted by molar-refractivity contribution is 5.56. The van der Waals surface area contributed by atoms with Crippen LogP contribution in [0.2, 0.25) is 0 Å². The Balaban J connectivity index is 2.29. The first kappa shape index (κ1) is 14.8. The van der Waals surface area contributed by atoms with Gasteiger partial charge in [0.2, 0.25) is 0 Å². The van der Waals surface area contributed by atoms with Crippen molar-refractivity contribution in [2.24, 2.45) is 0 Å². The van der Waals surface area contributed by atoms with Gasteiger partial charge in [0.05, 0.1) is 6.54 Å². The number of aromatic amines is 1. The zero-order valence-electron chi connectivity index (χ0n) is 12.8. The lowest BCUT2D eigenvalue weighted by molar-refractivity contribution is -0.374. The molecule has 108 valence electrons. The van der Waals surface area contributed by atoms with E-state index in [9.17, 15) is 5.26 Å². The summed E-state index contributed by atoms with van der Waals surface area (Å²) in [4.78, 5) is 3.49. The Hall–Kier alpha value is -1.56. The Bertz CT molecular complexity index is 500. The minimum Gasteiger partial charge on any atom is -0.273 e. The molecule has 1 aromatic heterocycles. The van der Waals surface area contributed by atoms with Crippen LogP contribution in [0.25, 0.3) is 0 Å². The molecule has 0 saturated carbocycles. The molecular weight excluding hydrogens is 246 g/mol. The van der Waals surface area contributed by atoms with Crippen LogP contribution < -0.4 is 10.3 Å². The number of anilines is 1. The van der Waals surface area contributed by atoms with E-state index >= 15 is 0 Å². The lowest BCUT2D eigenvalue weighted by atomic mass is 9.87. The van der Waals surface area contributed by atoms with Gasteiger partial charge in [-0.15, -0.1) is 0 Å². The summed E-state index contributed by atoms with van der Waals surface area (Å²) in [6, 6.07) is 2.42. The highest BCUT2D eigenvalue weighted by atomic mass is 15.0. The normalized spacial score (nSPS) is 13.7. The molecule has 0 bridgehead atoms. The molecule has 1 aliphatic rings. The van der Waals surface area contributed by atoms with Crippen molar-refractivity contribution in [3.8, 4) is 6.07 Å². The van der Waals surface area contributed by atoms with Gasteiger partial charge in [0.1, 0.15) is 17.3 Å². The molecule has 3 heteroatoms. The van der Waals surface area contributed by atoms with Crippen molar-refractivity contribution in [1.82, 2.24) is 0 Å². The van der Waals surface area contributed by atoms with E-state index in [2.05, 4.69) is 30.2 Å². The summed E-state index contributed by atoms with van der Waals surface area (Å²) in [6.07, 6.45) is 9.28. The number of pyridine rings is 1. The van der Waals surface area contributed by atoms with Gasteiger partial charge >= 0.3 is 0 Å². The van der Waals surface area contributed by atoms with E-state index in [1.165, 1.54) is 42.5 Å². The standard InChI is InChI=1S/C17H25N3/c1-3-5-8-11-19-17-15(12-18)13-9-6-7-10-14(13)16(4-2)20-17/h3-11H2,1-2H3,(H,19,20)/p+1. The molecule has 0 aromatic carbocycles. The van der Waals surface area contributed by atoms with Crippen molar-refractivity contribution in [2.75, 3.05) is 11.9 Å². The van der Waals surface area contributed by atoms with Crippen molar-refractivity contribution >= 4 is 5.82 Å². The third-order valence-electron chi connectivity index (χ3n) is 4.21. The number of nitrogens with zero attached hydrogens (tertiary/aromatic N) is 1. The molecule has 0 aliphatic heterocycles. The Kier molecular flexibility index (Phi) is 5.40. The van der Waals surface area contributed by atoms with Crippen LogP contribution in [0.15, 0.2) is 0 Å². The van der Waals surface area contributed by atoms with Crippen molar-refractivity contribution in [3.05, 3.63) is 22.4 Å². The summed E-state index contributed by atoms with van der Waals surface area (Å²) in [5.74, 6) is 0.945. The van der Waals surface area contributed by atoms with E-state index in [4.69, 9.17) is 0 Å². The van der Waals surface area contributed by atoms with E-state index in [1.807, 2.05) is 0 Å². The Morgan fingerprint density at radius 2 is 1.90 bits per heavy atom. The van der Waals surface area contributed by atoms with Crippen molar-refractivity contribution in [3.63, 3.8) is 0 Å². The lowest BCUT2D eigenvalue weighted by Crippen LogP contribution is -2.26. The largest absolute Gasteiger partial charge is 0.290 e.